The van der Waals surface area contributed by atoms with Crippen molar-refractivity contribution in [1.82, 2.24) is 0 Å². The highest BCUT2D eigenvalue weighted by Gasteiger charge is 2.07. The van der Waals surface area contributed by atoms with Gasteiger partial charge in [-0.3, -0.25) is 4.79 Å². The number of carbonyl (C=O) groups excluding carboxylic acids is 1. The maximum absolute atomic E-state index is 12.0. The number of hydrogen-bond donors (Lipinski definition) is 0. The van der Waals surface area contributed by atoms with Crippen LogP contribution in [0.2, 0.25) is 0 Å². The van der Waals surface area contributed by atoms with Gasteiger partial charge in [0.1, 0.15) is 5.78 Å². The summed E-state index contributed by atoms with van der Waals surface area (Å²) in [7, 11) is 0. The summed E-state index contributed by atoms with van der Waals surface area (Å²) in [5.74, 6) is 1.04. The lowest BCUT2D eigenvalue weighted by atomic mass is 9.97. The van der Waals surface area contributed by atoms with Gasteiger partial charge in [-0.2, -0.15) is 0 Å². The zero-order valence-corrected chi connectivity index (χ0v) is 11.9. The molecule has 0 saturated carbocycles. The fourth-order valence-corrected chi connectivity index (χ4v) is 2.45. The van der Waals surface area contributed by atoms with Gasteiger partial charge in [0.2, 0.25) is 0 Å². The SMILES string of the molecule is CC(C)CCCC(=O)Cc1cccc2ccccc12. The standard InChI is InChI=1S/C18H22O/c1-14(2)7-5-11-17(19)13-16-10-6-9-15-8-3-4-12-18(15)16/h3-4,6,8-10,12,14H,5,7,11,13H2,1-2H3. The largest absolute Gasteiger partial charge is 0.299 e. The van der Waals surface area contributed by atoms with Crippen molar-refractivity contribution in [2.24, 2.45) is 5.92 Å². The molecule has 0 aliphatic carbocycles. The van der Waals surface area contributed by atoms with E-state index in [1.54, 1.807) is 0 Å². The number of Topliss-reactive ketones (excluding diaryl/α,β-unsaturated/α-hetero) is 1. The van der Waals surface area contributed by atoms with Crippen LogP contribution in [0.25, 0.3) is 10.8 Å². The zero-order valence-electron chi connectivity index (χ0n) is 11.9. The second-order valence-electron chi connectivity index (χ2n) is 5.64. The van der Waals surface area contributed by atoms with Crippen molar-refractivity contribution in [2.75, 3.05) is 0 Å². The summed E-state index contributed by atoms with van der Waals surface area (Å²) in [6.07, 6.45) is 3.43. The van der Waals surface area contributed by atoms with Gasteiger partial charge in [0.05, 0.1) is 0 Å². The summed E-state index contributed by atoms with van der Waals surface area (Å²) >= 11 is 0. The molecule has 1 nitrogen and oxygen atoms in total. The minimum atomic E-state index is 0.358. The highest BCUT2D eigenvalue weighted by atomic mass is 16.1. The summed E-state index contributed by atoms with van der Waals surface area (Å²) in [5.41, 5.74) is 1.16. The van der Waals surface area contributed by atoms with E-state index in [9.17, 15) is 4.79 Å². The third-order valence-corrected chi connectivity index (χ3v) is 3.50. The van der Waals surface area contributed by atoms with Crippen molar-refractivity contribution in [2.45, 2.75) is 39.5 Å². The molecule has 0 fully saturated rings. The van der Waals surface area contributed by atoms with Crippen LogP contribution in [0.4, 0.5) is 0 Å². The van der Waals surface area contributed by atoms with Gasteiger partial charge in [-0.25, -0.2) is 0 Å². The molecule has 0 unspecified atom stereocenters. The van der Waals surface area contributed by atoms with E-state index >= 15 is 0 Å². The number of hydrogen-bond acceptors (Lipinski definition) is 1. The molecule has 2 aromatic rings. The molecule has 0 radical (unpaired) electrons. The first-order valence-corrected chi connectivity index (χ1v) is 7.15. The van der Waals surface area contributed by atoms with Crippen LogP contribution >= 0.6 is 0 Å². The van der Waals surface area contributed by atoms with E-state index < -0.39 is 0 Å². The molecule has 0 amide bonds. The topological polar surface area (TPSA) is 17.1 Å². The Labute approximate surface area is 115 Å². The van der Waals surface area contributed by atoms with Gasteiger partial charge in [-0.1, -0.05) is 62.7 Å². The summed E-state index contributed by atoms with van der Waals surface area (Å²) in [6.45, 7) is 4.41. The highest BCUT2D eigenvalue weighted by Crippen LogP contribution is 2.19. The van der Waals surface area contributed by atoms with E-state index in [-0.39, 0.29) is 0 Å². The van der Waals surface area contributed by atoms with Gasteiger partial charge in [0.15, 0.2) is 0 Å². The second kappa shape index (κ2) is 6.51. The van der Waals surface area contributed by atoms with Crippen molar-refractivity contribution in [3.8, 4) is 0 Å². The highest BCUT2D eigenvalue weighted by molar-refractivity contribution is 5.90. The molecule has 19 heavy (non-hydrogen) atoms. The molecule has 0 aromatic heterocycles. The number of ketones is 1. The summed E-state index contributed by atoms with van der Waals surface area (Å²) < 4.78 is 0. The predicted octanol–water partition coefficient (Wildman–Crippen LogP) is 4.78. The zero-order chi connectivity index (χ0) is 13.7. The fourth-order valence-electron chi connectivity index (χ4n) is 2.45. The monoisotopic (exact) mass is 254 g/mol. The first kappa shape index (κ1) is 13.8. The number of fused-ring (bicyclic) bond motifs is 1. The van der Waals surface area contributed by atoms with Crippen LogP contribution in [0.15, 0.2) is 42.5 Å². The van der Waals surface area contributed by atoms with Gasteiger partial charge in [-0.05, 0) is 28.7 Å². The van der Waals surface area contributed by atoms with E-state index in [0.29, 0.717) is 24.5 Å². The molecule has 0 aliphatic heterocycles. The van der Waals surface area contributed by atoms with E-state index in [1.165, 1.54) is 10.8 Å². The average molecular weight is 254 g/mol. The Balaban J connectivity index is 2.03. The molecule has 0 saturated heterocycles. The Kier molecular flexibility index (Phi) is 4.73. The lowest BCUT2D eigenvalue weighted by Crippen LogP contribution is -2.03. The Hall–Kier alpha value is -1.63. The first-order valence-electron chi connectivity index (χ1n) is 7.15. The normalized spacial score (nSPS) is 11.1. The van der Waals surface area contributed by atoms with Gasteiger partial charge in [-0.15, -0.1) is 0 Å². The molecular formula is C18H22O. The van der Waals surface area contributed by atoms with Crippen molar-refractivity contribution < 1.29 is 4.79 Å². The van der Waals surface area contributed by atoms with Crippen LogP contribution in [0, 0.1) is 5.92 Å². The van der Waals surface area contributed by atoms with E-state index in [4.69, 9.17) is 0 Å². The molecule has 100 valence electrons. The molecule has 0 spiro atoms. The van der Waals surface area contributed by atoms with Crippen LogP contribution in [-0.2, 0) is 11.2 Å². The van der Waals surface area contributed by atoms with Crippen LogP contribution in [0.5, 0.6) is 0 Å². The van der Waals surface area contributed by atoms with E-state index in [1.807, 2.05) is 18.2 Å². The number of benzene rings is 2. The average Bonchev–Trinajstić information content (AvgIpc) is 2.39. The molecule has 0 bridgehead atoms. The Bertz CT molecular complexity index is 549. The molecule has 0 aliphatic rings. The maximum Gasteiger partial charge on any atom is 0.137 e. The molecule has 0 atom stereocenters. The Morgan fingerprint density at radius 3 is 2.58 bits per heavy atom. The predicted molar refractivity (Wildman–Crippen MR) is 81.3 cm³/mol. The number of rotatable bonds is 6. The summed E-state index contributed by atoms with van der Waals surface area (Å²) in [4.78, 5) is 12.0. The van der Waals surface area contributed by atoms with Crippen LogP contribution in [0.1, 0.15) is 38.7 Å². The second-order valence-corrected chi connectivity index (χ2v) is 5.64. The first-order chi connectivity index (χ1) is 9.16. The quantitative estimate of drug-likeness (QED) is 0.725. The van der Waals surface area contributed by atoms with Crippen molar-refractivity contribution in [3.05, 3.63) is 48.0 Å². The number of carbonyl (C=O) groups is 1. The Morgan fingerprint density at radius 2 is 1.79 bits per heavy atom. The fraction of sp³-hybridized carbons (Fsp3) is 0.389. The van der Waals surface area contributed by atoms with E-state index in [2.05, 4.69) is 38.1 Å². The van der Waals surface area contributed by atoms with Crippen molar-refractivity contribution >= 4 is 16.6 Å². The molecule has 2 rings (SSSR count). The van der Waals surface area contributed by atoms with Gasteiger partial charge in [0.25, 0.3) is 0 Å². The van der Waals surface area contributed by atoms with Crippen molar-refractivity contribution in [1.29, 1.82) is 0 Å². The third kappa shape index (κ3) is 3.92. The molecule has 2 aromatic carbocycles. The minimum Gasteiger partial charge on any atom is -0.299 e. The van der Waals surface area contributed by atoms with Crippen LogP contribution < -0.4 is 0 Å². The summed E-state index contributed by atoms with van der Waals surface area (Å²) in [6, 6.07) is 14.5. The van der Waals surface area contributed by atoms with E-state index in [0.717, 1.165) is 18.4 Å². The van der Waals surface area contributed by atoms with Gasteiger partial charge in [0, 0.05) is 12.8 Å². The van der Waals surface area contributed by atoms with Gasteiger partial charge < -0.3 is 0 Å². The lowest BCUT2D eigenvalue weighted by molar-refractivity contribution is -0.118. The lowest BCUT2D eigenvalue weighted by Gasteiger charge is -2.07. The smallest absolute Gasteiger partial charge is 0.137 e. The summed E-state index contributed by atoms with van der Waals surface area (Å²) in [5, 5.41) is 2.43. The third-order valence-electron chi connectivity index (χ3n) is 3.50. The minimum absolute atomic E-state index is 0.358. The Morgan fingerprint density at radius 1 is 1.05 bits per heavy atom. The molecule has 0 heterocycles. The van der Waals surface area contributed by atoms with Crippen LogP contribution in [-0.4, -0.2) is 5.78 Å². The van der Waals surface area contributed by atoms with Gasteiger partial charge >= 0.3 is 0 Å². The molecular weight excluding hydrogens is 232 g/mol. The maximum atomic E-state index is 12.0. The van der Waals surface area contributed by atoms with Crippen LogP contribution in [0.3, 0.4) is 0 Å². The molecule has 1 heteroatoms. The van der Waals surface area contributed by atoms with Crippen molar-refractivity contribution in [3.63, 3.8) is 0 Å². The molecule has 0 N–H and O–H groups in total.